The van der Waals surface area contributed by atoms with E-state index in [9.17, 15) is 0 Å². The van der Waals surface area contributed by atoms with Crippen LogP contribution < -0.4 is 5.32 Å². The molecule has 1 saturated heterocycles. The first-order valence-corrected chi connectivity index (χ1v) is 5.61. The Balaban J connectivity index is 1.92. The lowest BCUT2D eigenvalue weighted by Crippen LogP contribution is -2.29. The van der Waals surface area contributed by atoms with Gasteiger partial charge >= 0.3 is 0 Å². The minimum atomic E-state index is 0.393. The minimum Gasteiger partial charge on any atom is -0.379 e. The summed E-state index contributed by atoms with van der Waals surface area (Å²) < 4.78 is 5.51. The molecule has 1 aliphatic heterocycles. The van der Waals surface area contributed by atoms with Gasteiger partial charge in [-0.3, -0.25) is 0 Å². The first-order chi connectivity index (χ1) is 6.29. The van der Waals surface area contributed by atoms with E-state index in [4.69, 9.17) is 4.74 Å². The van der Waals surface area contributed by atoms with Gasteiger partial charge in [0, 0.05) is 6.61 Å². The minimum absolute atomic E-state index is 0.393. The molecule has 2 nitrogen and oxygen atoms in total. The van der Waals surface area contributed by atoms with Crippen molar-refractivity contribution in [3.05, 3.63) is 0 Å². The van der Waals surface area contributed by atoms with E-state index in [2.05, 4.69) is 19.2 Å². The average molecular weight is 185 g/mol. The standard InChI is InChI=1S/C11H23NO/c1-10(2)13-8-4-6-11-5-3-7-12-9-11/h10-12H,3-9H2,1-2H3. The van der Waals surface area contributed by atoms with E-state index < -0.39 is 0 Å². The molecule has 0 aromatic rings. The van der Waals surface area contributed by atoms with Crippen molar-refractivity contribution in [1.82, 2.24) is 5.32 Å². The summed E-state index contributed by atoms with van der Waals surface area (Å²) in [6.07, 6.45) is 5.72. The maximum absolute atomic E-state index is 5.51. The topological polar surface area (TPSA) is 21.3 Å². The largest absolute Gasteiger partial charge is 0.379 e. The Bertz CT molecular complexity index is 119. The van der Waals surface area contributed by atoms with Gasteiger partial charge in [-0.1, -0.05) is 0 Å². The average Bonchev–Trinajstić information content (AvgIpc) is 2.14. The van der Waals surface area contributed by atoms with Gasteiger partial charge in [0.25, 0.3) is 0 Å². The van der Waals surface area contributed by atoms with Crippen molar-refractivity contribution >= 4 is 0 Å². The SMILES string of the molecule is CC(C)OCCCC1CCCNC1. The first-order valence-electron chi connectivity index (χ1n) is 5.61. The summed E-state index contributed by atoms with van der Waals surface area (Å²) in [4.78, 5) is 0. The van der Waals surface area contributed by atoms with Crippen molar-refractivity contribution in [2.75, 3.05) is 19.7 Å². The lowest BCUT2D eigenvalue weighted by molar-refractivity contribution is 0.0728. The van der Waals surface area contributed by atoms with Gasteiger partial charge < -0.3 is 10.1 Å². The summed E-state index contributed by atoms with van der Waals surface area (Å²) in [6.45, 7) is 7.58. The Labute approximate surface area is 82.0 Å². The number of hydrogen-bond donors (Lipinski definition) is 1. The molecule has 1 aliphatic rings. The van der Waals surface area contributed by atoms with Gasteiger partial charge in [0.2, 0.25) is 0 Å². The molecule has 0 radical (unpaired) electrons. The molecule has 0 spiro atoms. The third kappa shape index (κ3) is 5.27. The zero-order chi connectivity index (χ0) is 9.52. The van der Waals surface area contributed by atoms with Crippen molar-refractivity contribution in [2.45, 2.75) is 45.6 Å². The van der Waals surface area contributed by atoms with Crippen LogP contribution in [0, 0.1) is 5.92 Å². The highest BCUT2D eigenvalue weighted by Crippen LogP contribution is 2.15. The second-order valence-corrected chi connectivity index (χ2v) is 4.27. The predicted molar refractivity (Wildman–Crippen MR) is 55.9 cm³/mol. The highest BCUT2D eigenvalue weighted by atomic mass is 16.5. The highest BCUT2D eigenvalue weighted by Gasteiger charge is 2.11. The van der Waals surface area contributed by atoms with Crippen LogP contribution in [0.25, 0.3) is 0 Å². The van der Waals surface area contributed by atoms with Gasteiger partial charge in [0.1, 0.15) is 0 Å². The Morgan fingerprint density at radius 3 is 2.92 bits per heavy atom. The molecular formula is C11H23NO. The number of rotatable bonds is 5. The van der Waals surface area contributed by atoms with Crippen LogP contribution in [-0.4, -0.2) is 25.8 Å². The Morgan fingerprint density at radius 1 is 1.46 bits per heavy atom. The fraction of sp³-hybridized carbons (Fsp3) is 1.00. The second kappa shape index (κ2) is 6.39. The second-order valence-electron chi connectivity index (χ2n) is 4.27. The number of ether oxygens (including phenoxy) is 1. The summed E-state index contributed by atoms with van der Waals surface area (Å²) >= 11 is 0. The fourth-order valence-corrected chi connectivity index (χ4v) is 1.86. The lowest BCUT2D eigenvalue weighted by atomic mass is 9.95. The smallest absolute Gasteiger partial charge is 0.0518 e. The first kappa shape index (κ1) is 11.0. The van der Waals surface area contributed by atoms with Gasteiger partial charge in [0.15, 0.2) is 0 Å². The van der Waals surface area contributed by atoms with Gasteiger partial charge in [-0.15, -0.1) is 0 Å². The van der Waals surface area contributed by atoms with E-state index in [0.717, 1.165) is 12.5 Å². The maximum atomic E-state index is 5.51. The van der Waals surface area contributed by atoms with Gasteiger partial charge in [-0.2, -0.15) is 0 Å². The fourth-order valence-electron chi connectivity index (χ4n) is 1.86. The molecule has 2 heteroatoms. The normalized spacial score (nSPS) is 23.8. The van der Waals surface area contributed by atoms with Crippen molar-refractivity contribution in [1.29, 1.82) is 0 Å². The zero-order valence-electron chi connectivity index (χ0n) is 9.01. The molecule has 1 fully saturated rings. The number of piperidine rings is 1. The monoisotopic (exact) mass is 185 g/mol. The van der Waals surface area contributed by atoms with Crippen LogP contribution in [0.4, 0.5) is 0 Å². The quantitative estimate of drug-likeness (QED) is 0.663. The van der Waals surface area contributed by atoms with Crippen LogP contribution in [0.15, 0.2) is 0 Å². The highest BCUT2D eigenvalue weighted by molar-refractivity contribution is 4.68. The van der Waals surface area contributed by atoms with Crippen molar-refractivity contribution in [2.24, 2.45) is 5.92 Å². The Morgan fingerprint density at radius 2 is 2.31 bits per heavy atom. The van der Waals surface area contributed by atoms with Crippen molar-refractivity contribution in [3.8, 4) is 0 Å². The third-order valence-corrected chi connectivity index (χ3v) is 2.61. The Kier molecular flexibility index (Phi) is 5.40. The molecule has 0 saturated carbocycles. The van der Waals surface area contributed by atoms with Crippen LogP contribution >= 0.6 is 0 Å². The van der Waals surface area contributed by atoms with E-state index in [0.29, 0.717) is 6.10 Å². The number of nitrogens with one attached hydrogen (secondary N) is 1. The molecule has 0 bridgehead atoms. The van der Waals surface area contributed by atoms with Crippen LogP contribution in [-0.2, 0) is 4.74 Å². The number of hydrogen-bond acceptors (Lipinski definition) is 2. The van der Waals surface area contributed by atoms with E-state index >= 15 is 0 Å². The van der Waals surface area contributed by atoms with Gasteiger partial charge in [-0.25, -0.2) is 0 Å². The Hall–Kier alpha value is -0.0800. The molecule has 1 atom stereocenters. The molecule has 13 heavy (non-hydrogen) atoms. The van der Waals surface area contributed by atoms with E-state index in [1.165, 1.54) is 38.8 Å². The summed E-state index contributed by atoms with van der Waals surface area (Å²) in [7, 11) is 0. The maximum Gasteiger partial charge on any atom is 0.0518 e. The molecule has 78 valence electrons. The molecule has 1 N–H and O–H groups in total. The van der Waals surface area contributed by atoms with Gasteiger partial charge in [0.05, 0.1) is 6.10 Å². The molecule has 0 aromatic heterocycles. The summed E-state index contributed by atoms with van der Waals surface area (Å²) in [5.41, 5.74) is 0. The molecular weight excluding hydrogens is 162 g/mol. The van der Waals surface area contributed by atoms with E-state index in [1.54, 1.807) is 0 Å². The lowest BCUT2D eigenvalue weighted by Gasteiger charge is -2.22. The van der Waals surface area contributed by atoms with Crippen LogP contribution in [0.1, 0.15) is 39.5 Å². The zero-order valence-corrected chi connectivity index (χ0v) is 9.01. The van der Waals surface area contributed by atoms with Crippen molar-refractivity contribution in [3.63, 3.8) is 0 Å². The summed E-state index contributed by atoms with van der Waals surface area (Å²) in [5.74, 6) is 0.907. The molecule has 0 aliphatic carbocycles. The van der Waals surface area contributed by atoms with Crippen molar-refractivity contribution < 1.29 is 4.74 Å². The van der Waals surface area contributed by atoms with E-state index in [-0.39, 0.29) is 0 Å². The van der Waals surface area contributed by atoms with Crippen LogP contribution in [0.2, 0.25) is 0 Å². The molecule has 1 heterocycles. The van der Waals surface area contributed by atoms with Crippen LogP contribution in [0.5, 0.6) is 0 Å². The summed E-state index contributed by atoms with van der Waals surface area (Å²) in [5, 5.41) is 3.44. The predicted octanol–water partition coefficient (Wildman–Crippen LogP) is 2.19. The molecule has 1 unspecified atom stereocenters. The molecule has 0 amide bonds. The van der Waals surface area contributed by atoms with Gasteiger partial charge in [-0.05, 0) is 58.5 Å². The van der Waals surface area contributed by atoms with Crippen LogP contribution in [0.3, 0.4) is 0 Å². The third-order valence-electron chi connectivity index (χ3n) is 2.61. The molecule has 1 rings (SSSR count). The summed E-state index contributed by atoms with van der Waals surface area (Å²) in [6, 6.07) is 0. The molecule has 0 aromatic carbocycles. The van der Waals surface area contributed by atoms with E-state index in [1.807, 2.05) is 0 Å².